The Kier molecular flexibility index (Phi) is 11.9. The van der Waals surface area contributed by atoms with Gasteiger partial charge in [-0.05, 0) is 61.8 Å². The number of halogens is 5. The molecule has 0 aromatic heterocycles. The summed E-state index contributed by atoms with van der Waals surface area (Å²) in [6.45, 7) is -0.404. The molecule has 0 spiro atoms. The van der Waals surface area contributed by atoms with E-state index in [-0.39, 0.29) is 37.2 Å². The van der Waals surface area contributed by atoms with Crippen LogP contribution in [0.1, 0.15) is 27.8 Å². The van der Waals surface area contributed by atoms with Crippen LogP contribution in [0.4, 0.5) is 22.2 Å². The predicted octanol–water partition coefficient (Wildman–Crippen LogP) is 8.34. The van der Waals surface area contributed by atoms with Gasteiger partial charge in [-0.15, -0.1) is 22.6 Å². The van der Waals surface area contributed by atoms with Crippen LogP contribution < -0.4 is 4.74 Å². The number of benzene rings is 4. The van der Waals surface area contributed by atoms with E-state index in [1.807, 2.05) is 0 Å². The molecular weight excluding hydrogens is 650 g/mol. The third kappa shape index (κ3) is 10.2. The molecule has 0 aliphatic heterocycles. The molecule has 8 nitrogen and oxygen atoms in total. The summed E-state index contributed by atoms with van der Waals surface area (Å²) in [4.78, 5) is 28.1. The minimum atomic E-state index is -4.93. The van der Waals surface area contributed by atoms with E-state index in [1.54, 1.807) is 60.7 Å². The molecule has 0 N–H and O–H groups in total. The number of alkyl halides is 3. The Labute approximate surface area is 266 Å². The van der Waals surface area contributed by atoms with Gasteiger partial charge >= 0.3 is 25.9 Å². The van der Waals surface area contributed by atoms with Gasteiger partial charge in [-0.3, -0.25) is 14.2 Å². The van der Waals surface area contributed by atoms with Crippen molar-refractivity contribution in [1.29, 1.82) is 0 Å². The molecule has 0 heterocycles. The molecule has 0 saturated carbocycles. The highest BCUT2D eigenvalue weighted by molar-refractivity contribution is 7.52. The van der Waals surface area contributed by atoms with E-state index >= 15 is 0 Å². The SMILES string of the molecule is O=C(OCc1ccccc1)C(Cc1ccc(CP(=O)(OF)OF)cc1)(Cc1ccc(OC(F)(F)F)cc1)C(=O)OCc1ccccc1. The first-order valence-electron chi connectivity index (χ1n) is 14.0. The Morgan fingerprint density at radius 1 is 0.574 bits per heavy atom. The second-order valence-corrected chi connectivity index (χ2v) is 12.3. The maximum absolute atomic E-state index is 14.0. The van der Waals surface area contributed by atoms with Crippen molar-refractivity contribution in [1.82, 2.24) is 0 Å². The summed E-state index contributed by atoms with van der Waals surface area (Å²) in [6, 6.07) is 27.5. The first kappa shape index (κ1) is 35.3. The van der Waals surface area contributed by atoms with Gasteiger partial charge in [0.25, 0.3) is 0 Å². The van der Waals surface area contributed by atoms with E-state index in [0.29, 0.717) is 16.7 Å². The lowest BCUT2D eigenvalue weighted by Crippen LogP contribution is -2.45. The van der Waals surface area contributed by atoms with Crippen LogP contribution in [0.25, 0.3) is 0 Å². The Morgan fingerprint density at radius 2 is 0.979 bits per heavy atom. The molecule has 0 amide bonds. The number of carbonyl (C=O) groups excluding carboxylic acids is 2. The molecule has 0 unspecified atom stereocenters. The fourth-order valence-electron chi connectivity index (χ4n) is 4.71. The standard InChI is InChI=1S/C33H28F5O8P/c34-33(35,36)44-29-17-15-25(16-18-29)20-32(30(39)42-21-26-7-3-1-4-8-26,31(40)43-22-27-9-5-2-6-10-27)19-24-11-13-28(14-12-24)23-47(41,45-37)46-38/h1-18H,19-23H2. The van der Waals surface area contributed by atoms with Crippen molar-refractivity contribution >= 4 is 19.5 Å². The molecule has 4 aromatic rings. The zero-order chi connectivity index (χ0) is 33.9. The molecule has 47 heavy (non-hydrogen) atoms. The van der Waals surface area contributed by atoms with Gasteiger partial charge in [0.1, 0.15) is 19.0 Å². The summed E-state index contributed by atoms with van der Waals surface area (Å²) in [7, 11) is -4.69. The first-order chi connectivity index (χ1) is 22.4. The maximum atomic E-state index is 14.0. The van der Waals surface area contributed by atoms with Crippen molar-refractivity contribution in [3.63, 3.8) is 0 Å². The number of ether oxygens (including phenoxy) is 3. The highest BCUT2D eigenvalue weighted by Crippen LogP contribution is 2.52. The number of carbonyl (C=O) groups is 2. The molecule has 0 fully saturated rings. The average Bonchev–Trinajstić information content (AvgIpc) is 3.07. The quantitative estimate of drug-likeness (QED) is 0.0536. The predicted molar refractivity (Wildman–Crippen MR) is 158 cm³/mol. The van der Waals surface area contributed by atoms with Gasteiger partial charge < -0.3 is 14.2 Å². The van der Waals surface area contributed by atoms with Crippen LogP contribution in [0, 0.1) is 5.41 Å². The first-order valence-corrected chi connectivity index (χ1v) is 15.7. The van der Waals surface area contributed by atoms with Gasteiger partial charge in [0.15, 0.2) is 5.41 Å². The van der Waals surface area contributed by atoms with Gasteiger partial charge in [0.2, 0.25) is 0 Å². The van der Waals surface area contributed by atoms with E-state index in [1.165, 1.54) is 36.4 Å². The fourth-order valence-corrected chi connectivity index (χ4v) is 5.49. The van der Waals surface area contributed by atoms with Crippen molar-refractivity contribution in [2.45, 2.75) is 38.6 Å². The average molecular weight is 679 g/mol. The van der Waals surface area contributed by atoms with Crippen molar-refractivity contribution in [3.05, 3.63) is 137 Å². The lowest BCUT2D eigenvalue weighted by Gasteiger charge is -2.30. The summed E-state index contributed by atoms with van der Waals surface area (Å²) in [6.07, 6.45) is -6.37. The zero-order valence-electron chi connectivity index (χ0n) is 24.5. The Balaban J connectivity index is 1.71. The van der Waals surface area contributed by atoms with Crippen LogP contribution in [-0.4, -0.2) is 18.3 Å². The minimum absolute atomic E-state index is 0.150. The fraction of sp³-hybridized carbons (Fsp3) is 0.212. The topological polar surface area (TPSA) is 97.4 Å². The smallest absolute Gasteiger partial charge is 0.460 e. The zero-order valence-corrected chi connectivity index (χ0v) is 25.4. The molecule has 0 radical (unpaired) electrons. The van der Waals surface area contributed by atoms with Gasteiger partial charge in [-0.1, -0.05) is 97.1 Å². The summed E-state index contributed by atoms with van der Waals surface area (Å²) in [5.74, 6) is -2.45. The highest BCUT2D eigenvalue weighted by Gasteiger charge is 2.49. The van der Waals surface area contributed by atoms with Crippen LogP contribution in [0.15, 0.2) is 109 Å². The van der Waals surface area contributed by atoms with Crippen LogP contribution >= 0.6 is 7.60 Å². The summed E-state index contributed by atoms with van der Waals surface area (Å²) in [5, 5.41) is 0. The van der Waals surface area contributed by atoms with Crippen LogP contribution in [0.2, 0.25) is 0 Å². The Bertz CT molecular complexity index is 1590. The monoisotopic (exact) mass is 678 g/mol. The van der Waals surface area contributed by atoms with Crippen LogP contribution in [-0.2, 0) is 65.3 Å². The third-order valence-electron chi connectivity index (χ3n) is 6.99. The van der Waals surface area contributed by atoms with Crippen molar-refractivity contribution < 1.29 is 60.0 Å². The molecule has 0 saturated heterocycles. The normalized spacial score (nSPS) is 11.9. The Morgan fingerprint density at radius 3 is 1.38 bits per heavy atom. The third-order valence-corrected chi connectivity index (χ3v) is 8.16. The Hall–Kier alpha value is -4.58. The molecule has 0 aliphatic carbocycles. The molecule has 0 bridgehead atoms. The summed E-state index contributed by atoms with van der Waals surface area (Å²) in [5.41, 5.74) is -0.0324. The molecular formula is C33H28F5O8P. The van der Waals surface area contributed by atoms with Gasteiger partial charge in [0, 0.05) is 0 Å². The van der Waals surface area contributed by atoms with E-state index in [9.17, 15) is 36.4 Å². The lowest BCUT2D eigenvalue weighted by atomic mass is 9.76. The van der Waals surface area contributed by atoms with Crippen molar-refractivity contribution in [3.8, 4) is 5.75 Å². The number of rotatable bonds is 15. The largest absolute Gasteiger partial charge is 0.573 e. The van der Waals surface area contributed by atoms with E-state index in [0.717, 1.165) is 12.1 Å². The molecule has 4 aromatic carbocycles. The molecule has 14 heteroatoms. The summed E-state index contributed by atoms with van der Waals surface area (Å²) >= 11 is 0. The molecule has 4 rings (SSSR count). The van der Waals surface area contributed by atoms with Crippen LogP contribution in [0.3, 0.4) is 0 Å². The van der Waals surface area contributed by atoms with Gasteiger partial charge in [-0.2, -0.15) is 0 Å². The minimum Gasteiger partial charge on any atom is -0.460 e. The van der Waals surface area contributed by atoms with Crippen LogP contribution in [0.5, 0.6) is 5.75 Å². The molecule has 0 atom stereocenters. The van der Waals surface area contributed by atoms with Gasteiger partial charge in [-0.25, -0.2) is 0 Å². The van der Waals surface area contributed by atoms with Crippen molar-refractivity contribution in [2.24, 2.45) is 5.41 Å². The highest BCUT2D eigenvalue weighted by atomic mass is 31.2. The van der Waals surface area contributed by atoms with E-state index < -0.39 is 43.2 Å². The lowest BCUT2D eigenvalue weighted by molar-refractivity contribution is -0.274. The molecule has 0 aliphatic rings. The van der Waals surface area contributed by atoms with Gasteiger partial charge in [0.05, 0.1) is 6.16 Å². The van der Waals surface area contributed by atoms with E-state index in [2.05, 4.69) is 14.2 Å². The summed E-state index contributed by atoms with van der Waals surface area (Å²) < 4.78 is 97.0. The number of esters is 2. The molecule has 248 valence electrons. The number of hydrogen-bond donors (Lipinski definition) is 0. The van der Waals surface area contributed by atoms with E-state index in [4.69, 9.17) is 9.47 Å². The number of hydrogen-bond acceptors (Lipinski definition) is 8. The second kappa shape index (κ2) is 15.8. The maximum Gasteiger partial charge on any atom is 0.573 e. The van der Waals surface area contributed by atoms with Crippen molar-refractivity contribution in [2.75, 3.05) is 0 Å². The second-order valence-electron chi connectivity index (χ2n) is 10.5.